The number of rotatable bonds is 7. The van der Waals surface area contributed by atoms with Crippen molar-refractivity contribution in [2.24, 2.45) is 5.73 Å². The Morgan fingerprint density at radius 2 is 1.79 bits per heavy atom. The van der Waals surface area contributed by atoms with Crippen LogP contribution in [0.15, 0.2) is 47.4 Å². The molecule has 0 spiro atoms. The highest BCUT2D eigenvalue weighted by Crippen LogP contribution is 2.28. The molecule has 0 atom stereocenters. The molecule has 3 aromatic rings. The van der Waals surface area contributed by atoms with Gasteiger partial charge in [-0.05, 0) is 48.4 Å². The van der Waals surface area contributed by atoms with Crippen LogP contribution in [0.1, 0.15) is 23.2 Å². The van der Waals surface area contributed by atoms with Crippen molar-refractivity contribution in [3.63, 3.8) is 0 Å². The maximum absolute atomic E-state index is 12.8. The fourth-order valence-corrected chi connectivity index (χ4v) is 5.07. The number of amides is 2. The summed E-state index contributed by atoms with van der Waals surface area (Å²) in [6.07, 6.45) is 1.64. The number of primary amides is 1. The molecule has 33 heavy (non-hydrogen) atoms. The smallest absolute Gasteiger partial charge is 0.248 e. The van der Waals surface area contributed by atoms with E-state index in [1.165, 1.54) is 34.6 Å². The number of nitrogens with zero attached hydrogens (tertiary/aromatic N) is 5. The van der Waals surface area contributed by atoms with Gasteiger partial charge in [-0.25, -0.2) is 8.42 Å². The molecule has 0 bridgehead atoms. The number of sulfonamides is 1. The molecule has 1 saturated heterocycles. The van der Waals surface area contributed by atoms with E-state index in [1.54, 1.807) is 12.1 Å². The number of hydrogen-bond acceptors (Lipinski definition) is 7. The Labute approximate surface area is 194 Å². The summed E-state index contributed by atoms with van der Waals surface area (Å²) in [6, 6.07) is 10.5. The Morgan fingerprint density at radius 3 is 2.45 bits per heavy atom. The molecule has 2 heterocycles. The van der Waals surface area contributed by atoms with Gasteiger partial charge in [-0.2, -0.15) is 9.10 Å². The molecular formula is C20H20ClN7O4S. The number of nitrogens with one attached hydrogen (secondary N) is 1. The molecule has 2 amide bonds. The monoisotopic (exact) mass is 489 g/mol. The van der Waals surface area contributed by atoms with Crippen LogP contribution in [-0.4, -0.2) is 57.8 Å². The maximum Gasteiger partial charge on any atom is 0.248 e. The molecule has 3 N–H and O–H groups in total. The molecule has 1 fully saturated rings. The zero-order valence-electron chi connectivity index (χ0n) is 17.3. The van der Waals surface area contributed by atoms with E-state index in [4.69, 9.17) is 17.3 Å². The van der Waals surface area contributed by atoms with Crippen molar-refractivity contribution in [2.75, 3.05) is 18.4 Å². The van der Waals surface area contributed by atoms with Gasteiger partial charge in [0.1, 0.15) is 6.54 Å². The summed E-state index contributed by atoms with van der Waals surface area (Å²) in [5.74, 6) is -0.804. The highest BCUT2D eigenvalue weighted by Gasteiger charge is 2.27. The van der Waals surface area contributed by atoms with E-state index in [9.17, 15) is 18.0 Å². The van der Waals surface area contributed by atoms with Crippen LogP contribution < -0.4 is 11.1 Å². The first-order chi connectivity index (χ1) is 15.7. The van der Waals surface area contributed by atoms with Gasteiger partial charge in [0, 0.05) is 24.2 Å². The van der Waals surface area contributed by atoms with Gasteiger partial charge in [-0.3, -0.25) is 9.59 Å². The van der Waals surface area contributed by atoms with E-state index in [0.29, 0.717) is 24.2 Å². The molecule has 1 aliphatic rings. The molecule has 1 aromatic heterocycles. The van der Waals surface area contributed by atoms with Crippen LogP contribution >= 0.6 is 11.6 Å². The zero-order chi connectivity index (χ0) is 23.6. The minimum atomic E-state index is -3.65. The number of hydrogen-bond donors (Lipinski definition) is 2. The van der Waals surface area contributed by atoms with Crippen molar-refractivity contribution in [2.45, 2.75) is 24.3 Å². The predicted octanol–water partition coefficient (Wildman–Crippen LogP) is 1.52. The van der Waals surface area contributed by atoms with E-state index in [2.05, 4.69) is 20.7 Å². The second-order valence-corrected chi connectivity index (χ2v) is 9.73. The van der Waals surface area contributed by atoms with Crippen LogP contribution in [0.3, 0.4) is 0 Å². The van der Waals surface area contributed by atoms with E-state index >= 15 is 0 Å². The minimum absolute atomic E-state index is 0.0599. The van der Waals surface area contributed by atoms with Crippen LogP contribution in [0.5, 0.6) is 0 Å². The standard InChI is InChI=1S/C20H20ClN7O4S/c21-16-8-7-15(33(31,32)27-9-1-2-10-27)11-17(16)23-18(29)12-28-25-20(24-26-28)14-5-3-13(4-6-14)19(22)30/h3-8,11H,1-2,9-10,12H2,(H2,22,30)(H,23,29). The lowest BCUT2D eigenvalue weighted by Crippen LogP contribution is -2.28. The Balaban J connectivity index is 1.45. The molecule has 13 heteroatoms. The van der Waals surface area contributed by atoms with Crippen LogP contribution in [0.2, 0.25) is 5.02 Å². The third kappa shape index (κ3) is 5.02. The van der Waals surface area contributed by atoms with Crippen molar-refractivity contribution < 1.29 is 18.0 Å². The van der Waals surface area contributed by atoms with Crippen molar-refractivity contribution >= 4 is 39.1 Å². The molecule has 2 aromatic carbocycles. The highest BCUT2D eigenvalue weighted by molar-refractivity contribution is 7.89. The third-order valence-corrected chi connectivity index (χ3v) is 7.30. The quantitative estimate of drug-likeness (QED) is 0.510. The first-order valence-electron chi connectivity index (χ1n) is 10.0. The lowest BCUT2D eigenvalue weighted by atomic mass is 10.1. The number of anilines is 1. The fourth-order valence-electron chi connectivity index (χ4n) is 3.37. The lowest BCUT2D eigenvalue weighted by molar-refractivity contribution is -0.117. The molecule has 11 nitrogen and oxygen atoms in total. The maximum atomic E-state index is 12.8. The van der Waals surface area contributed by atoms with Gasteiger partial charge in [-0.15, -0.1) is 10.2 Å². The number of benzene rings is 2. The summed E-state index contributed by atoms with van der Waals surface area (Å²) in [5, 5.41) is 14.7. The van der Waals surface area contributed by atoms with Crippen LogP contribution in [0.25, 0.3) is 11.4 Å². The second-order valence-electron chi connectivity index (χ2n) is 7.39. The lowest BCUT2D eigenvalue weighted by Gasteiger charge is -2.16. The number of carbonyl (C=O) groups is 2. The number of aromatic nitrogens is 4. The Hall–Kier alpha value is -3.35. The van der Waals surface area contributed by atoms with Gasteiger partial charge in [0.25, 0.3) is 0 Å². The average Bonchev–Trinajstić information content (AvgIpc) is 3.48. The topological polar surface area (TPSA) is 153 Å². The van der Waals surface area contributed by atoms with Gasteiger partial charge in [-0.1, -0.05) is 23.7 Å². The SMILES string of the molecule is NC(=O)c1ccc(-c2nnn(CC(=O)Nc3cc(S(=O)(=O)N4CCCC4)ccc3Cl)n2)cc1. The van der Waals surface area contributed by atoms with E-state index < -0.39 is 21.8 Å². The van der Waals surface area contributed by atoms with Crippen LogP contribution in [-0.2, 0) is 21.4 Å². The molecule has 0 aliphatic carbocycles. The van der Waals surface area contributed by atoms with Gasteiger partial charge in [0.15, 0.2) is 0 Å². The predicted molar refractivity (Wildman–Crippen MR) is 120 cm³/mol. The molecule has 0 radical (unpaired) electrons. The van der Waals surface area contributed by atoms with Crippen molar-refractivity contribution in [1.29, 1.82) is 0 Å². The molecule has 0 saturated carbocycles. The fraction of sp³-hybridized carbons (Fsp3) is 0.250. The molecule has 4 rings (SSSR count). The minimum Gasteiger partial charge on any atom is -0.366 e. The zero-order valence-corrected chi connectivity index (χ0v) is 18.9. The largest absolute Gasteiger partial charge is 0.366 e. The van der Waals surface area contributed by atoms with Gasteiger partial charge in [0.2, 0.25) is 27.7 Å². The first-order valence-corrected chi connectivity index (χ1v) is 11.8. The summed E-state index contributed by atoms with van der Waals surface area (Å²) < 4.78 is 27.0. The highest BCUT2D eigenvalue weighted by atomic mass is 35.5. The Morgan fingerprint density at radius 1 is 1.09 bits per heavy atom. The van der Waals surface area contributed by atoms with E-state index in [0.717, 1.165) is 17.6 Å². The van der Waals surface area contributed by atoms with Crippen molar-refractivity contribution in [3.05, 3.63) is 53.1 Å². The number of halogens is 1. The van der Waals surface area contributed by atoms with Gasteiger partial charge < -0.3 is 11.1 Å². The summed E-state index contributed by atoms with van der Waals surface area (Å²) in [7, 11) is -3.65. The Kier molecular flexibility index (Phi) is 6.40. The second kappa shape index (κ2) is 9.25. The summed E-state index contributed by atoms with van der Waals surface area (Å²) in [5.41, 5.74) is 6.33. The van der Waals surface area contributed by atoms with Crippen LogP contribution in [0.4, 0.5) is 5.69 Å². The number of carbonyl (C=O) groups excluding carboxylic acids is 2. The molecule has 0 unspecified atom stereocenters. The van der Waals surface area contributed by atoms with Gasteiger partial charge in [0.05, 0.1) is 15.6 Å². The summed E-state index contributed by atoms with van der Waals surface area (Å²) in [6.45, 7) is 0.669. The van der Waals surface area contributed by atoms with Crippen LogP contribution in [0, 0.1) is 0 Å². The number of nitrogens with two attached hydrogens (primary N) is 1. The molecule has 172 valence electrons. The Bertz CT molecular complexity index is 1300. The molecular weight excluding hydrogens is 470 g/mol. The van der Waals surface area contributed by atoms with E-state index in [1.807, 2.05) is 0 Å². The molecule has 1 aliphatic heterocycles. The summed E-state index contributed by atoms with van der Waals surface area (Å²) >= 11 is 6.17. The normalized spacial score (nSPS) is 14.3. The summed E-state index contributed by atoms with van der Waals surface area (Å²) in [4.78, 5) is 24.8. The van der Waals surface area contributed by atoms with Crippen molar-refractivity contribution in [3.8, 4) is 11.4 Å². The number of tetrazole rings is 1. The average molecular weight is 490 g/mol. The van der Waals surface area contributed by atoms with Crippen molar-refractivity contribution in [1.82, 2.24) is 24.5 Å². The van der Waals surface area contributed by atoms with Gasteiger partial charge >= 0.3 is 0 Å². The first kappa shape index (κ1) is 22.8. The third-order valence-electron chi connectivity index (χ3n) is 5.08. The van der Waals surface area contributed by atoms with E-state index in [-0.39, 0.29) is 28.0 Å².